The zero-order valence-electron chi connectivity index (χ0n) is 18.9. The smallest absolute Gasteiger partial charge is 0.335 e. The number of carboxylic acids is 1. The fourth-order valence-corrected chi connectivity index (χ4v) is 6.29. The van der Waals surface area contributed by atoms with Crippen LogP contribution in [-0.4, -0.2) is 22.5 Å². The fraction of sp³-hybridized carbons (Fsp3) is 0.444. The average molecular weight is 447 g/mol. The van der Waals surface area contributed by atoms with E-state index in [9.17, 15) is 20.0 Å². The molecule has 0 saturated carbocycles. The SMILES string of the molecule is CCCCC[C@@H]1CCN2c3c1cc(C(=O)O)cc3[C@@H]1C=CC[C@@H]1[C@H]2c1cccc([N+](=O)[O-])c1. The molecule has 0 amide bonds. The molecule has 0 radical (unpaired) electrons. The first-order valence-electron chi connectivity index (χ1n) is 12.1. The van der Waals surface area contributed by atoms with Gasteiger partial charge >= 0.3 is 5.97 Å². The van der Waals surface area contributed by atoms with Gasteiger partial charge in [0, 0.05) is 30.3 Å². The quantitative estimate of drug-likeness (QED) is 0.225. The molecule has 0 spiro atoms. The Bertz CT molecular complexity index is 1130. The van der Waals surface area contributed by atoms with Gasteiger partial charge in [-0.25, -0.2) is 4.79 Å². The van der Waals surface area contributed by atoms with E-state index in [-0.39, 0.29) is 28.5 Å². The largest absolute Gasteiger partial charge is 0.478 e. The number of aromatic carboxylic acids is 1. The van der Waals surface area contributed by atoms with E-state index in [0.29, 0.717) is 11.5 Å². The number of rotatable bonds is 7. The molecule has 5 rings (SSSR count). The maximum absolute atomic E-state index is 12.0. The lowest BCUT2D eigenvalue weighted by Gasteiger charge is -2.50. The van der Waals surface area contributed by atoms with Crippen LogP contribution in [0, 0.1) is 16.0 Å². The lowest BCUT2D eigenvalue weighted by atomic mass is 9.71. The molecule has 0 fully saturated rings. The van der Waals surface area contributed by atoms with Gasteiger partial charge in [-0.2, -0.15) is 0 Å². The van der Waals surface area contributed by atoms with Crippen LogP contribution in [0.5, 0.6) is 0 Å². The number of anilines is 1. The molecule has 172 valence electrons. The number of hydrogen-bond acceptors (Lipinski definition) is 4. The van der Waals surface area contributed by atoms with E-state index in [4.69, 9.17) is 0 Å². The van der Waals surface area contributed by atoms with Gasteiger partial charge in [-0.1, -0.05) is 50.5 Å². The number of non-ortho nitro benzene ring substituents is 1. The van der Waals surface area contributed by atoms with Gasteiger partial charge in [0.15, 0.2) is 0 Å². The second-order valence-corrected chi connectivity index (χ2v) is 9.63. The first kappa shape index (κ1) is 21.7. The molecular formula is C27H30N2O4. The molecule has 4 atom stereocenters. The average Bonchev–Trinajstić information content (AvgIpc) is 3.30. The second-order valence-electron chi connectivity index (χ2n) is 9.63. The van der Waals surface area contributed by atoms with Crippen LogP contribution < -0.4 is 4.90 Å². The number of benzene rings is 2. The van der Waals surface area contributed by atoms with Crippen molar-refractivity contribution in [3.05, 3.63) is 80.9 Å². The van der Waals surface area contributed by atoms with Gasteiger partial charge in [-0.3, -0.25) is 10.1 Å². The van der Waals surface area contributed by atoms with E-state index >= 15 is 0 Å². The maximum atomic E-state index is 12.0. The summed E-state index contributed by atoms with van der Waals surface area (Å²) in [6.45, 7) is 3.09. The Morgan fingerprint density at radius 1 is 1.21 bits per heavy atom. The highest BCUT2D eigenvalue weighted by Crippen LogP contribution is 2.57. The Labute approximate surface area is 194 Å². The van der Waals surface area contributed by atoms with Crippen LogP contribution in [0.3, 0.4) is 0 Å². The summed E-state index contributed by atoms with van der Waals surface area (Å²) in [5.74, 6) is -0.146. The highest BCUT2D eigenvalue weighted by atomic mass is 16.6. The molecule has 0 saturated heterocycles. The Hall–Kier alpha value is -3.15. The van der Waals surface area contributed by atoms with E-state index in [1.807, 2.05) is 18.2 Å². The second kappa shape index (κ2) is 8.65. The molecule has 2 aliphatic heterocycles. The van der Waals surface area contributed by atoms with Gasteiger partial charge in [-0.15, -0.1) is 0 Å². The summed E-state index contributed by atoms with van der Waals surface area (Å²) >= 11 is 0. The molecule has 6 heteroatoms. The Morgan fingerprint density at radius 2 is 2.03 bits per heavy atom. The molecule has 0 unspecified atom stereocenters. The zero-order valence-corrected chi connectivity index (χ0v) is 18.9. The van der Waals surface area contributed by atoms with Crippen LogP contribution in [0.25, 0.3) is 0 Å². The molecule has 2 aromatic rings. The van der Waals surface area contributed by atoms with E-state index < -0.39 is 5.97 Å². The van der Waals surface area contributed by atoms with Crippen molar-refractivity contribution in [3.8, 4) is 0 Å². The topological polar surface area (TPSA) is 83.7 Å². The minimum Gasteiger partial charge on any atom is -0.478 e. The molecule has 33 heavy (non-hydrogen) atoms. The normalized spacial score (nSPS) is 24.9. The number of hydrogen-bond donors (Lipinski definition) is 1. The van der Waals surface area contributed by atoms with Crippen molar-refractivity contribution >= 4 is 17.3 Å². The van der Waals surface area contributed by atoms with E-state index in [2.05, 4.69) is 24.0 Å². The summed E-state index contributed by atoms with van der Waals surface area (Å²) in [4.78, 5) is 25.6. The zero-order chi connectivity index (χ0) is 23.1. The van der Waals surface area contributed by atoms with Crippen LogP contribution in [0.4, 0.5) is 11.4 Å². The Morgan fingerprint density at radius 3 is 2.79 bits per heavy atom. The van der Waals surface area contributed by atoms with Crippen molar-refractivity contribution in [3.63, 3.8) is 0 Å². The lowest BCUT2D eigenvalue weighted by molar-refractivity contribution is -0.384. The number of unbranched alkanes of at least 4 members (excludes halogenated alkanes) is 2. The Kier molecular flexibility index (Phi) is 5.69. The molecule has 2 heterocycles. The molecule has 1 N–H and O–H groups in total. The minimum atomic E-state index is -0.877. The molecular weight excluding hydrogens is 416 g/mol. The van der Waals surface area contributed by atoms with Gasteiger partial charge in [0.2, 0.25) is 0 Å². The summed E-state index contributed by atoms with van der Waals surface area (Å²) in [7, 11) is 0. The molecule has 3 aliphatic rings. The van der Waals surface area contributed by atoms with Gasteiger partial charge < -0.3 is 10.0 Å². The highest BCUT2D eigenvalue weighted by molar-refractivity contribution is 5.90. The number of carbonyl (C=O) groups is 1. The Balaban J connectivity index is 1.65. The predicted molar refractivity (Wildman–Crippen MR) is 128 cm³/mol. The number of nitro groups is 1. The number of nitro benzene ring substituents is 1. The first-order valence-corrected chi connectivity index (χ1v) is 12.1. The number of carboxylic acid groups (broad SMARTS) is 1. The van der Waals surface area contributed by atoms with Gasteiger partial charge in [0.05, 0.1) is 16.5 Å². The maximum Gasteiger partial charge on any atom is 0.335 e. The highest BCUT2D eigenvalue weighted by Gasteiger charge is 2.46. The third-order valence-electron chi connectivity index (χ3n) is 7.75. The van der Waals surface area contributed by atoms with E-state index in [1.165, 1.54) is 12.1 Å². The lowest BCUT2D eigenvalue weighted by Crippen LogP contribution is -2.43. The minimum absolute atomic E-state index is 0.0448. The van der Waals surface area contributed by atoms with Gasteiger partial charge in [-0.05, 0) is 59.9 Å². The van der Waals surface area contributed by atoms with Crippen molar-refractivity contribution in [2.45, 2.75) is 63.3 Å². The van der Waals surface area contributed by atoms with Crippen molar-refractivity contribution in [2.24, 2.45) is 5.92 Å². The van der Waals surface area contributed by atoms with Crippen molar-refractivity contribution in [2.75, 3.05) is 11.4 Å². The van der Waals surface area contributed by atoms with Crippen LogP contribution in [-0.2, 0) is 0 Å². The molecule has 0 bridgehead atoms. The summed E-state index contributed by atoms with van der Waals surface area (Å²) in [6.07, 6.45) is 10.8. The van der Waals surface area contributed by atoms with Gasteiger partial charge in [0.1, 0.15) is 0 Å². The van der Waals surface area contributed by atoms with Crippen LogP contribution in [0.15, 0.2) is 48.6 Å². The van der Waals surface area contributed by atoms with Crippen LogP contribution in [0.1, 0.15) is 90.4 Å². The molecule has 0 aromatic heterocycles. The third-order valence-corrected chi connectivity index (χ3v) is 7.75. The van der Waals surface area contributed by atoms with Crippen LogP contribution in [0.2, 0.25) is 0 Å². The number of allylic oxidation sites excluding steroid dienone is 2. The summed E-state index contributed by atoms with van der Waals surface area (Å²) < 4.78 is 0. The summed E-state index contributed by atoms with van der Waals surface area (Å²) in [5, 5.41) is 21.3. The van der Waals surface area contributed by atoms with E-state index in [0.717, 1.165) is 55.3 Å². The standard InChI is InChI=1S/C27H30N2O4/c1-2-3-4-7-17-12-13-28-25(18-8-5-9-20(14-18)29(32)33)22-11-6-10-21(22)24-16-19(27(30)31)15-23(17)26(24)28/h5-6,8-10,14-17,21-22,25H,2-4,7,11-13H2,1H3,(H,30,31)/t17-,21-,22+,25-/m1/s1. The summed E-state index contributed by atoms with van der Waals surface area (Å²) in [5.41, 5.74) is 4.92. The summed E-state index contributed by atoms with van der Waals surface area (Å²) in [6, 6.07) is 10.9. The molecule has 2 aromatic carbocycles. The monoisotopic (exact) mass is 446 g/mol. The number of fused-ring (bicyclic) bond motifs is 2. The number of nitrogens with zero attached hydrogens (tertiary/aromatic N) is 2. The third kappa shape index (κ3) is 3.71. The van der Waals surface area contributed by atoms with Crippen molar-refractivity contribution in [1.82, 2.24) is 0 Å². The van der Waals surface area contributed by atoms with Crippen molar-refractivity contribution < 1.29 is 14.8 Å². The van der Waals surface area contributed by atoms with E-state index in [1.54, 1.807) is 18.2 Å². The van der Waals surface area contributed by atoms with Crippen molar-refractivity contribution in [1.29, 1.82) is 0 Å². The van der Waals surface area contributed by atoms with Crippen LogP contribution >= 0.6 is 0 Å². The van der Waals surface area contributed by atoms with Gasteiger partial charge in [0.25, 0.3) is 5.69 Å². The molecule has 6 nitrogen and oxygen atoms in total. The fourth-order valence-electron chi connectivity index (χ4n) is 6.29. The first-order chi connectivity index (χ1) is 16.0. The molecule has 1 aliphatic carbocycles. The predicted octanol–water partition coefficient (Wildman–Crippen LogP) is 6.58.